The third-order valence-corrected chi connectivity index (χ3v) is 3.89. The molecular formula is C13H18ClFN2O. The number of nitrogens with two attached hydrogens (primary N) is 1. The van der Waals surface area contributed by atoms with Gasteiger partial charge in [-0.25, -0.2) is 4.39 Å². The predicted octanol–water partition coefficient (Wildman–Crippen LogP) is 2.92. The molecule has 2 unspecified atom stereocenters. The first-order chi connectivity index (χ1) is 8.52. The summed E-state index contributed by atoms with van der Waals surface area (Å²) in [5.74, 6) is 0.0677. The Balaban J connectivity index is 2.24. The Morgan fingerprint density at radius 2 is 2.22 bits per heavy atom. The summed E-state index contributed by atoms with van der Waals surface area (Å²) < 4.78 is 19.0. The Labute approximate surface area is 112 Å². The molecule has 1 heterocycles. The van der Waals surface area contributed by atoms with Gasteiger partial charge in [-0.2, -0.15) is 0 Å². The minimum atomic E-state index is -0.437. The van der Waals surface area contributed by atoms with Gasteiger partial charge in [0.25, 0.3) is 0 Å². The van der Waals surface area contributed by atoms with Crippen LogP contribution in [0.3, 0.4) is 0 Å². The number of nitrogens with zero attached hydrogens (tertiary/aromatic N) is 1. The van der Waals surface area contributed by atoms with Crippen molar-refractivity contribution in [3.8, 4) is 0 Å². The highest BCUT2D eigenvalue weighted by Crippen LogP contribution is 2.32. The van der Waals surface area contributed by atoms with E-state index in [1.54, 1.807) is 7.11 Å². The maximum Gasteiger partial charge on any atom is 0.144 e. The fraction of sp³-hybridized carbons (Fsp3) is 0.538. The highest BCUT2D eigenvalue weighted by molar-refractivity contribution is 6.31. The van der Waals surface area contributed by atoms with E-state index in [-0.39, 0.29) is 11.1 Å². The second kappa shape index (κ2) is 5.33. The van der Waals surface area contributed by atoms with Gasteiger partial charge in [-0.3, -0.25) is 0 Å². The number of halogens is 2. The van der Waals surface area contributed by atoms with Crippen LogP contribution in [0.15, 0.2) is 12.1 Å². The maximum absolute atomic E-state index is 13.5. The minimum Gasteiger partial charge on any atom is -0.397 e. The smallest absolute Gasteiger partial charge is 0.144 e. The first-order valence-electron chi connectivity index (χ1n) is 6.05. The molecule has 0 aliphatic carbocycles. The van der Waals surface area contributed by atoms with Crippen molar-refractivity contribution in [1.29, 1.82) is 0 Å². The number of rotatable bonds is 2. The van der Waals surface area contributed by atoms with Crippen molar-refractivity contribution in [2.24, 2.45) is 5.92 Å². The highest BCUT2D eigenvalue weighted by atomic mass is 35.5. The lowest BCUT2D eigenvalue weighted by atomic mass is 9.95. The number of piperidine rings is 1. The molecule has 1 fully saturated rings. The van der Waals surface area contributed by atoms with Crippen molar-refractivity contribution >= 4 is 23.0 Å². The zero-order chi connectivity index (χ0) is 13.3. The maximum atomic E-state index is 13.5. The van der Waals surface area contributed by atoms with Crippen LogP contribution in [0.2, 0.25) is 5.02 Å². The number of methoxy groups -OCH3 is 1. The summed E-state index contributed by atoms with van der Waals surface area (Å²) in [7, 11) is 1.70. The van der Waals surface area contributed by atoms with Crippen LogP contribution in [0.4, 0.5) is 15.8 Å². The highest BCUT2D eigenvalue weighted by Gasteiger charge is 2.27. The van der Waals surface area contributed by atoms with Gasteiger partial charge in [0.05, 0.1) is 22.5 Å². The molecule has 2 N–H and O–H groups in total. The molecule has 2 atom stereocenters. The summed E-state index contributed by atoms with van der Waals surface area (Å²) in [5, 5.41) is 0.0601. The number of anilines is 2. The van der Waals surface area contributed by atoms with Gasteiger partial charge in [0.2, 0.25) is 0 Å². The van der Waals surface area contributed by atoms with Crippen LogP contribution in [0.25, 0.3) is 0 Å². The summed E-state index contributed by atoms with van der Waals surface area (Å²) in [6, 6.07) is 2.87. The number of benzene rings is 1. The summed E-state index contributed by atoms with van der Waals surface area (Å²) in [5.41, 5.74) is 7.11. The second-order valence-electron chi connectivity index (χ2n) is 4.81. The normalized spacial score (nSPS) is 24.3. The molecule has 1 aromatic rings. The van der Waals surface area contributed by atoms with Crippen molar-refractivity contribution in [1.82, 2.24) is 0 Å². The predicted molar refractivity (Wildman–Crippen MR) is 72.6 cm³/mol. The Morgan fingerprint density at radius 3 is 2.89 bits per heavy atom. The molecule has 1 saturated heterocycles. The van der Waals surface area contributed by atoms with E-state index in [1.807, 2.05) is 0 Å². The number of hydrogen-bond acceptors (Lipinski definition) is 3. The largest absolute Gasteiger partial charge is 0.397 e. The average Bonchev–Trinajstić information content (AvgIpc) is 2.35. The Kier molecular flexibility index (Phi) is 3.97. The molecule has 1 aromatic carbocycles. The molecule has 100 valence electrons. The van der Waals surface area contributed by atoms with E-state index in [0.717, 1.165) is 19.5 Å². The molecule has 0 spiro atoms. The lowest BCUT2D eigenvalue weighted by molar-refractivity contribution is 0.0498. The van der Waals surface area contributed by atoms with Gasteiger partial charge in [-0.15, -0.1) is 0 Å². The van der Waals surface area contributed by atoms with E-state index in [1.165, 1.54) is 12.1 Å². The lowest BCUT2D eigenvalue weighted by Crippen LogP contribution is -2.44. The monoisotopic (exact) mass is 272 g/mol. The second-order valence-corrected chi connectivity index (χ2v) is 5.22. The van der Waals surface area contributed by atoms with E-state index in [4.69, 9.17) is 22.1 Å². The Hall–Kier alpha value is -1.00. The first-order valence-corrected chi connectivity index (χ1v) is 6.43. The van der Waals surface area contributed by atoms with Gasteiger partial charge in [0.15, 0.2) is 0 Å². The molecule has 2 rings (SSSR count). The fourth-order valence-corrected chi connectivity index (χ4v) is 2.56. The molecule has 18 heavy (non-hydrogen) atoms. The first kappa shape index (κ1) is 13.4. The topological polar surface area (TPSA) is 38.5 Å². The van der Waals surface area contributed by atoms with Crippen LogP contribution in [-0.2, 0) is 4.74 Å². The Morgan fingerprint density at radius 1 is 1.50 bits per heavy atom. The zero-order valence-corrected chi connectivity index (χ0v) is 11.4. The van der Waals surface area contributed by atoms with Crippen LogP contribution in [0.5, 0.6) is 0 Å². The summed E-state index contributed by atoms with van der Waals surface area (Å²) in [4.78, 5) is 2.06. The molecule has 0 bridgehead atoms. The van der Waals surface area contributed by atoms with Gasteiger partial charge in [0, 0.05) is 26.3 Å². The quantitative estimate of drug-likeness (QED) is 0.842. The third kappa shape index (κ3) is 2.54. The number of hydrogen-bond donors (Lipinski definition) is 1. The molecule has 1 aliphatic rings. The van der Waals surface area contributed by atoms with E-state index in [0.29, 0.717) is 17.3 Å². The molecule has 0 aromatic heterocycles. The van der Waals surface area contributed by atoms with Crippen LogP contribution >= 0.6 is 11.6 Å². The standard InChI is InChI=1S/C13H18ClFN2O/c1-8-3-4-17(7-13(8)18-2)12-6-10(15)9(14)5-11(12)16/h5-6,8,13H,3-4,7,16H2,1-2H3. The molecule has 1 aliphatic heterocycles. The van der Waals surface area contributed by atoms with Crippen LogP contribution < -0.4 is 10.6 Å². The Bertz CT molecular complexity index is 441. The van der Waals surface area contributed by atoms with Crippen molar-refractivity contribution in [3.63, 3.8) is 0 Å². The zero-order valence-electron chi connectivity index (χ0n) is 10.6. The summed E-state index contributed by atoms with van der Waals surface area (Å²) in [6.45, 7) is 3.74. The van der Waals surface area contributed by atoms with E-state index in [2.05, 4.69) is 11.8 Å². The van der Waals surface area contributed by atoms with Gasteiger partial charge >= 0.3 is 0 Å². The van der Waals surface area contributed by atoms with E-state index < -0.39 is 5.82 Å². The minimum absolute atomic E-state index is 0.0601. The average molecular weight is 273 g/mol. The van der Waals surface area contributed by atoms with Crippen molar-refractivity contribution < 1.29 is 9.13 Å². The van der Waals surface area contributed by atoms with Crippen LogP contribution in [-0.4, -0.2) is 26.3 Å². The SMILES string of the molecule is COC1CN(c2cc(F)c(Cl)cc2N)CCC1C. The lowest BCUT2D eigenvalue weighted by Gasteiger charge is -2.38. The van der Waals surface area contributed by atoms with Crippen molar-refractivity contribution in [2.45, 2.75) is 19.4 Å². The third-order valence-electron chi connectivity index (χ3n) is 3.60. The van der Waals surface area contributed by atoms with Crippen LogP contribution in [0, 0.1) is 11.7 Å². The van der Waals surface area contributed by atoms with Gasteiger partial charge in [0.1, 0.15) is 5.82 Å². The molecule has 5 heteroatoms. The molecule has 0 amide bonds. The molecule has 0 radical (unpaired) electrons. The van der Waals surface area contributed by atoms with Crippen LogP contribution in [0.1, 0.15) is 13.3 Å². The fourth-order valence-electron chi connectivity index (χ4n) is 2.39. The van der Waals surface area contributed by atoms with Crippen molar-refractivity contribution in [2.75, 3.05) is 30.8 Å². The number of ether oxygens (including phenoxy) is 1. The molecular weight excluding hydrogens is 255 g/mol. The number of nitrogen functional groups attached to an aromatic ring is 1. The van der Waals surface area contributed by atoms with Gasteiger partial charge in [-0.05, 0) is 18.4 Å². The van der Waals surface area contributed by atoms with Gasteiger partial charge < -0.3 is 15.4 Å². The molecule has 3 nitrogen and oxygen atoms in total. The van der Waals surface area contributed by atoms with E-state index >= 15 is 0 Å². The van der Waals surface area contributed by atoms with Crippen molar-refractivity contribution in [3.05, 3.63) is 23.0 Å². The summed E-state index contributed by atoms with van der Waals surface area (Å²) >= 11 is 5.71. The molecule has 0 saturated carbocycles. The van der Waals surface area contributed by atoms with Gasteiger partial charge in [-0.1, -0.05) is 18.5 Å². The summed E-state index contributed by atoms with van der Waals surface area (Å²) in [6.07, 6.45) is 1.15. The van der Waals surface area contributed by atoms with E-state index in [9.17, 15) is 4.39 Å².